The third-order valence-corrected chi connectivity index (χ3v) is 5.99. The largest absolute Gasteiger partial charge is 0.480 e. The lowest BCUT2D eigenvalue weighted by atomic mass is 10.0. The van der Waals surface area contributed by atoms with Crippen molar-refractivity contribution in [2.24, 2.45) is 0 Å². The van der Waals surface area contributed by atoms with Crippen LogP contribution in [0.1, 0.15) is 35.5 Å². The van der Waals surface area contributed by atoms with Crippen LogP contribution < -0.4 is 5.32 Å². The normalized spacial score (nSPS) is 15.5. The number of aliphatic carboxylic acids is 1. The van der Waals surface area contributed by atoms with E-state index in [2.05, 4.69) is 10.3 Å². The molecule has 0 fully saturated rings. The molecular formula is C24H24ClFN4O4. The lowest BCUT2D eigenvalue weighted by Gasteiger charge is -2.34. The number of aliphatic hydroxyl groups excluding tert-OH is 1. The van der Waals surface area contributed by atoms with Crippen LogP contribution >= 0.6 is 11.6 Å². The van der Waals surface area contributed by atoms with E-state index in [1.54, 1.807) is 22.9 Å². The quantitative estimate of drug-likeness (QED) is 0.469. The maximum atomic E-state index is 13.8. The number of anilines is 1. The number of fused-ring (bicyclic) bond motifs is 1. The second-order valence-electron chi connectivity index (χ2n) is 8.47. The highest BCUT2D eigenvalue weighted by molar-refractivity contribution is 6.33. The zero-order valence-corrected chi connectivity index (χ0v) is 19.4. The molecule has 1 aliphatic heterocycles. The second kappa shape index (κ2) is 9.44. The van der Waals surface area contributed by atoms with Crippen molar-refractivity contribution in [3.63, 3.8) is 0 Å². The molecule has 0 saturated heterocycles. The van der Waals surface area contributed by atoms with E-state index >= 15 is 0 Å². The summed E-state index contributed by atoms with van der Waals surface area (Å²) in [5.41, 5.74) is 2.37. The molecule has 4 rings (SSSR count). The van der Waals surface area contributed by atoms with Gasteiger partial charge in [0.1, 0.15) is 23.4 Å². The Morgan fingerprint density at radius 2 is 2.06 bits per heavy atom. The number of carboxylic acids is 1. The van der Waals surface area contributed by atoms with E-state index in [9.17, 15) is 24.2 Å². The third-order valence-electron chi connectivity index (χ3n) is 5.69. The molecule has 3 aromatic rings. The number of nitrogens with one attached hydrogen (secondary N) is 1. The number of halogens is 2. The summed E-state index contributed by atoms with van der Waals surface area (Å²) >= 11 is 6.38. The number of nitrogens with zero attached hydrogens (tertiary/aromatic N) is 3. The van der Waals surface area contributed by atoms with Gasteiger partial charge in [-0.05, 0) is 49.2 Å². The molecule has 0 bridgehead atoms. The minimum atomic E-state index is -1.18. The van der Waals surface area contributed by atoms with Crippen molar-refractivity contribution < 1.29 is 24.2 Å². The van der Waals surface area contributed by atoms with E-state index in [1.807, 2.05) is 13.8 Å². The summed E-state index contributed by atoms with van der Waals surface area (Å²) < 4.78 is 15.4. The number of amides is 1. The first-order chi connectivity index (χ1) is 16.2. The van der Waals surface area contributed by atoms with Crippen LogP contribution in [0.5, 0.6) is 0 Å². The van der Waals surface area contributed by atoms with Crippen LogP contribution in [-0.4, -0.2) is 48.6 Å². The fourth-order valence-corrected chi connectivity index (χ4v) is 4.28. The van der Waals surface area contributed by atoms with Gasteiger partial charge in [0.15, 0.2) is 0 Å². The average molecular weight is 487 g/mol. The maximum absolute atomic E-state index is 13.8. The molecule has 1 amide bonds. The number of aromatic nitrogens is 2. The third kappa shape index (κ3) is 4.62. The van der Waals surface area contributed by atoms with Crippen LogP contribution in [0, 0.1) is 5.82 Å². The first kappa shape index (κ1) is 23.7. The van der Waals surface area contributed by atoms with Crippen LogP contribution in [0.3, 0.4) is 0 Å². The smallest absolute Gasteiger partial charge is 0.328 e. The predicted molar refractivity (Wildman–Crippen MR) is 125 cm³/mol. The Labute approximate surface area is 200 Å². The van der Waals surface area contributed by atoms with E-state index in [-0.39, 0.29) is 25.7 Å². The highest BCUT2D eigenvalue weighted by Gasteiger charge is 2.37. The van der Waals surface area contributed by atoms with E-state index < -0.39 is 23.7 Å². The fraction of sp³-hybridized carbons (Fsp3) is 0.292. The Hall–Kier alpha value is -3.43. The number of rotatable bonds is 7. The van der Waals surface area contributed by atoms with Crippen molar-refractivity contribution in [3.05, 3.63) is 70.4 Å². The fourth-order valence-electron chi connectivity index (χ4n) is 4.07. The van der Waals surface area contributed by atoms with Gasteiger partial charge >= 0.3 is 5.97 Å². The number of hydrogen-bond acceptors (Lipinski definition) is 5. The zero-order valence-electron chi connectivity index (χ0n) is 18.6. The summed E-state index contributed by atoms with van der Waals surface area (Å²) in [5.74, 6) is -1.60. The van der Waals surface area contributed by atoms with Crippen molar-refractivity contribution in [1.82, 2.24) is 14.5 Å². The first-order valence-electron chi connectivity index (χ1n) is 10.7. The molecule has 1 unspecified atom stereocenters. The van der Waals surface area contributed by atoms with Gasteiger partial charge in [-0.25, -0.2) is 14.2 Å². The van der Waals surface area contributed by atoms with Gasteiger partial charge in [0.25, 0.3) is 5.91 Å². The zero-order chi connectivity index (χ0) is 24.6. The topological polar surface area (TPSA) is 108 Å². The van der Waals surface area contributed by atoms with Crippen molar-refractivity contribution in [1.29, 1.82) is 0 Å². The minimum absolute atomic E-state index is 0.0139. The summed E-state index contributed by atoms with van der Waals surface area (Å²) in [4.78, 5) is 30.9. The van der Waals surface area contributed by atoms with Gasteiger partial charge in [-0.2, -0.15) is 0 Å². The molecule has 178 valence electrons. The predicted octanol–water partition coefficient (Wildman–Crippen LogP) is 3.76. The minimum Gasteiger partial charge on any atom is -0.480 e. The number of pyridine rings is 1. The van der Waals surface area contributed by atoms with E-state index in [0.717, 1.165) is 0 Å². The first-order valence-corrected chi connectivity index (χ1v) is 11.1. The highest BCUT2D eigenvalue weighted by atomic mass is 35.5. The summed E-state index contributed by atoms with van der Waals surface area (Å²) in [6, 6.07) is 6.26. The van der Waals surface area contributed by atoms with E-state index in [4.69, 9.17) is 11.6 Å². The summed E-state index contributed by atoms with van der Waals surface area (Å²) in [6.45, 7) is 3.46. The van der Waals surface area contributed by atoms with Crippen molar-refractivity contribution >= 4 is 29.3 Å². The Balaban J connectivity index is 1.72. The van der Waals surface area contributed by atoms with Gasteiger partial charge < -0.3 is 25.0 Å². The van der Waals surface area contributed by atoms with Crippen molar-refractivity contribution in [3.8, 4) is 11.1 Å². The number of carbonyl (C=O) groups excluding carboxylic acids is 1. The number of aliphatic hydroxyl groups is 1. The molecule has 1 aliphatic rings. The lowest BCUT2D eigenvalue weighted by molar-refractivity contribution is -0.143. The van der Waals surface area contributed by atoms with E-state index in [0.29, 0.717) is 38.8 Å². The molecule has 3 heterocycles. The monoisotopic (exact) mass is 486 g/mol. The maximum Gasteiger partial charge on any atom is 0.328 e. The highest BCUT2D eigenvalue weighted by Crippen LogP contribution is 2.33. The number of benzene rings is 1. The molecule has 1 aromatic carbocycles. The summed E-state index contributed by atoms with van der Waals surface area (Å²) in [6.07, 6.45) is 3.22. The number of carboxylic acid groups (broad SMARTS) is 1. The molecule has 0 saturated carbocycles. The molecule has 2 aromatic heterocycles. The average Bonchev–Trinajstić information content (AvgIpc) is 3.21. The number of carbonyl (C=O) groups is 2. The molecule has 0 radical (unpaired) electrons. The number of hydrogen-bond donors (Lipinski definition) is 3. The van der Waals surface area contributed by atoms with Gasteiger partial charge in [0.05, 0.1) is 18.2 Å². The van der Waals surface area contributed by atoms with Gasteiger partial charge in [-0.15, -0.1) is 0 Å². The SMILES string of the molecule is CC(C)Nc1cc(-c2cc3n(c2)CC(C(=O)O)N(Cc2cc(F)ccc2CO)C3=O)c(Cl)cn1. The van der Waals surface area contributed by atoms with Gasteiger partial charge in [-0.1, -0.05) is 17.7 Å². The molecule has 1 atom stereocenters. The van der Waals surface area contributed by atoms with Crippen molar-refractivity contribution in [2.75, 3.05) is 5.32 Å². The molecule has 0 spiro atoms. The summed E-state index contributed by atoms with van der Waals surface area (Å²) in [7, 11) is 0. The molecule has 0 aliphatic carbocycles. The van der Waals surface area contributed by atoms with Gasteiger partial charge in [-0.3, -0.25) is 4.79 Å². The Kier molecular flexibility index (Phi) is 6.58. The molecular weight excluding hydrogens is 463 g/mol. The standard InChI is InChI=1S/C24H24ClFN4O4/c1-13(2)28-22-7-18(19(25)8-27-22)16-6-20-23(32)30(21(24(33)34)11-29(20)9-16)10-15-5-17(26)4-3-14(15)12-31/h3-9,13,21,31H,10-12H2,1-2H3,(H,27,28)(H,33,34). The molecule has 3 N–H and O–H groups in total. The Morgan fingerprint density at radius 1 is 1.29 bits per heavy atom. The molecule has 34 heavy (non-hydrogen) atoms. The Bertz CT molecular complexity index is 1260. The van der Waals surface area contributed by atoms with Crippen LogP contribution in [0.4, 0.5) is 10.2 Å². The van der Waals surface area contributed by atoms with Gasteiger partial charge in [0.2, 0.25) is 0 Å². The van der Waals surface area contributed by atoms with Crippen molar-refractivity contribution in [2.45, 2.75) is 45.6 Å². The Morgan fingerprint density at radius 3 is 2.74 bits per heavy atom. The lowest BCUT2D eigenvalue weighted by Crippen LogP contribution is -2.51. The van der Waals surface area contributed by atoms with E-state index in [1.165, 1.54) is 29.3 Å². The molecule has 8 nitrogen and oxygen atoms in total. The van der Waals surface area contributed by atoms with Crippen LogP contribution in [0.15, 0.2) is 42.7 Å². The summed E-state index contributed by atoms with van der Waals surface area (Å²) in [5, 5.41) is 23.0. The second-order valence-corrected chi connectivity index (χ2v) is 8.88. The molecule has 10 heteroatoms. The van der Waals surface area contributed by atoms with Crippen LogP contribution in [0.25, 0.3) is 11.1 Å². The van der Waals surface area contributed by atoms with Crippen LogP contribution in [-0.2, 0) is 24.5 Å². The van der Waals surface area contributed by atoms with Gasteiger partial charge in [0, 0.05) is 36.1 Å². The van der Waals surface area contributed by atoms with Crippen LogP contribution in [0.2, 0.25) is 5.02 Å².